The van der Waals surface area contributed by atoms with Crippen LogP contribution in [-0.4, -0.2) is 13.3 Å². The number of hydrogen-bond donors (Lipinski definition) is 2. The van der Waals surface area contributed by atoms with Crippen molar-refractivity contribution in [1.29, 1.82) is 0 Å². The van der Waals surface area contributed by atoms with Crippen molar-refractivity contribution in [3.05, 3.63) is 24.4 Å². The number of nitrogens with two attached hydrogens (primary N) is 1. The zero-order valence-corrected chi connectivity index (χ0v) is 5.41. The molecule has 0 saturated carbocycles. The van der Waals surface area contributed by atoms with E-state index < -0.39 is 0 Å². The quantitative estimate of drug-likeness (QED) is 0.486. The summed E-state index contributed by atoms with van der Waals surface area (Å²) in [5.74, 6) is 0. The number of rotatable bonds is 0. The summed E-state index contributed by atoms with van der Waals surface area (Å²) >= 11 is 0. The van der Waals surface area contributed by atoms with E-state index in [0.717, 1.165) is 0 Å². The second kappa shape index (κ2) is 6.91. The molecular formula is C6H11N3. The van der Waals surface area contributed by atoms with Crippen molar-refractivity contribution >= 4 is 6.21 Å². The SMILES string of the molecule is C1=CC=NNC=C1.CN. The predicted molar refractivity (Wildman–Crippen MR) is 40.0 cm³/mol. The molecule has 1 aliphatic rings. The van der Waals surface area contributed by atoms with Gasteiger partial charge in [0, 0.05) is 12.4 Å². The Morgan fingerprint density at radius 3 is 2.78 bits per heavy atom. The highest BCUT2D eigenvalue weighted by Gasteiger charge is 1.68. The monoisotopic (exact) mass is 125 g/mol. The molecule has 0 aromatic carbocycles. The van der Waals surface area contributed by atoms with Crippen LogP contribution >= 0.6 is 0 Å². The van der Waals surface area contributed by atoms with E-state index in [2.05, 4.69) is 16.3 Å². The smallest absolute Gasteiger partial charge is 0.0472 e. The number of nitrogens with zero attached hydrogens (tertiary/aromatic N) is 1. The summed E-state index contributed by atoms with van der Waals surface area (Å²) in [6, 6.07) is 0. The highest BCUT2D eigenvalue weighted by Crippen LogP contribution is 1.76. The van der Waals surface area contributed by atoms with Gasteiger partial charge in [-0.1, -0.05) is 6.08 Å². The Labute approximate surface area is 54.9 Å². The van der Waals surface area contributed by atoms with Crippen molar-refractivity contribution in [2.75, 3.05) is 7.05 Å². The van der Waals surface area contributed by atoms with Crippen molar-refractivity contribution in [3.8, 4) is 0 Å². The first-order chi connectivity index (χ1) is 4.50. The van der Waals surface area contributed by atoms with E-state index in [9.17, 15) is 0 Å². The third kappa shape index (κ3) is 4.77. The zero-order chi connectivity index (χ0) is 6.95. The number of hydrogen-bond acceptors (Lipinski definition) is 3. The van der Waals surface area contributed by atoms with E-state index in [1.54, 1.807) is 12.4 Å². The lowest BCUT2D eigenvalue weighted by Crippen LogP contribution is -1.89. The zero-order valence-electron chi connectivity index (χ0n) is 5.41. The molecule has 3 N–H and O–H groups in total. The van der Waals surface area contributed by atoms with E-state index in [-0.39, 0.29) is 0 Å². The summed E-state index contributed by atoms with van der Waals surface area (Å²) in [4.78, 5) is 0. The lowest BCUT2D eigenvalue weighted by Gasteiger charge is -1.78. The molecule has 0 radical (unpaired) electrons. The van der Waals surface area contributed by atoms with Crippen LogP contribution in [0.1, 0.15) is 0 Å². The largest absolute Gasteiger partial charge is 0.333 e. The Kier molecular flexibility index (Phi) is 6.07. The van der Waals surface area contributed by atoms with E-state index in [1.807, 2.05) is 18.2 Å². The molecule has 0 aromatic heterocycles. The van der Waals surface area contributed by atoms with Crippen molar-refractivity contribution in [3.63, 3.8) is 0 Å². The molecule has 50 valence electrons. The van der Waals surface area contributed by atoms with Crippen LogP contribution in [0.3, 0.4) is 0 Å². The molecule has 0 bridgehead atoms. The van der Waals surface area contributed by atoms with Gasteiger partial charge in [-0.3, -0.25) is 5.43 Å². The summed E-state index contributed by atoms with van der Waals surface area (Å²) in [5.41, 5.74) is 7.17. The number of allylic oxidation sites excluding steroid dienone is 3. The molecule has 0 aliphatic carbocycles. The minimum atomic E-state index is 1.50. The molecule has 1 aliphatic heterocycles. The summed E-state index contributed by atoms with van der Waals surface area (Å²) in [6.45, 7) is 0. The van der Waals surface area contributed by atoms with Gasteiger partial charge in [-0.05, 0) is 19.2 Å². The lowest BCUT2D eigenvalue weighted by atomic mass is 10.5. The van der Waals surface area contributed by atoms with Crippen LogP contribution < -0.4 is 11.2 Å². The molecule has 3 nitrogen and oxygen atoms in total. The number of hydrazone groups is 1. The van der Waals surface area contributed by atoms with Crippen LogP contribution in [0.4, 0.5) is 0 Å². The van der Waals surface area contributed by atoms with Crippen LogP contribution in [0, 0.1) is 0 Å². The highest BCUT2D eigenvalue weighted by atomic mass is 15.3. The van der Waals surface area contributed by atoms with Crippen molar-refractivity contribution in [1.82, 2.24) is 5.43 Å². The van der Waals surface area contributed by atoms with Gasteiger partial charge < -0.3 is 5.73 Å². The maximum Gasteiger partial charge on any atom is 0.0472 e. The fourth-order valence-corrected chi connectivity index (χ4v) is 0.342. The van der Waals surface area contributed by atoms with Gasteiger partial charge in [-0.15, -0.1) is 0 Å². The van der Waals surface area contributed by atoms with E-state index >= 15 is 0 Å². The minimum Gasteiger partial charge on any atom is -0.333 e. The van der Waals surface area contributed by atoms with Gasteiger partial charge in [0.1, 0.15) is 0 Å². The minimum absolute atomic E-state index is 1.50. The maximum atomic E-state index is 4.50. The summed E-state index contributed by atoms with van der Waals surface area (Å²) in [7, 11) is 1.50. The van der Waals surface area contributed by atoms with Gasteiger partial charge in [0.05, 0.1) is 0 Å². The lowest BCUT2D eigenvalue weighted by molar-refractivity contribution is 0.980. The van der Waals surface area contributed by atoms with Crippen molar-refractivity contribution in [2.24, 2.45) is 10.8 Å². The predicted octanol–water partition coefficient (Wildman–Crippen LogP) is 0.220. The highest BCUT2D eigenvalue weighted by molar-refractivity contribution is 5.71. The fourth-order valence-electron chi connectivity index (χ4n) is 0.342. The topological polar surface area (TPSA) is 50.4 Å². The van der Waals surface area contributed by atoms with Gasteiger partial charge in [0.15, 0.2) is 0 Å². The second-order valence-corrected chi connectivity index (χ2v) is 1.15. The number of nitrogens with one attached hydrogen (secondary N) is 1. The first kappa shape index (κ1) is 7.91. The Balaban J connectivity index is 0.000000291. The van der Waals surface area contributed by atoms with E-state index in [4.69, 9.17) is 0 Å². The van der Waals surface area contributed by atoms with Gasteiger partial charge in [-0.2, -0.15) is 5.10 Å². The third-order valence-electron chi connectivity index (χ3n) is 0.628. The summed E-state index contributed by atoms with van der Waals surface area (Å²) in [6.07, 6.45) is 9.10. The van der Waals surface area contributed by atoms with Crippen LogP contribution in [-0.2, 0) is 0 Å². The van der Waals surface area contributed by atoms with Crippen LogP contribution in [0.5, 0.6) is 0 Å². The fraction of sp³-hybridized carbons (Fsp3) is 0.167. The average molecular weight is 125 g/mol. The van der Waals surface area contributed by atoms with E-state index in [0.29, 0.717) is 0 Å². The summed E-state index contributed by atoms with van der Waals surface area (Å²) < 4.78 is 0. The first-order valence-electron chi connectivity index (χ1n) is 2.68. The molecule has 0 saturated heterocycles. The van der Waals surface area contributed by atoms with Crippen LogP contribution in [0.2, 0.25) is 0 Å². The molecule has 0 unspecified atom stereocenters. The molecular weight excluding hydrogens is 114 g/mol. The van der Waals surface area contributed by atoms with Gasteiger partial charge >= 0.3 is 0 Å². The first-order valence-corrected chi connectivity index (χ1v) is 2.68. The van der Waals surface area contributed by atoms with Gasteiger partial charge in [-0.25, -0.2) is 0 Å². The standard InChI is InChI=1S/C5H6N2.CH5N/c1-2-4-6-7-5-3-1;1-2/h1-6H;2H2,1H3. The van der Waals surface area contributed by atoms with Crippen molar-refractivity contribution < 1.29 is 0 Å². The molecule has 1 rings (SSSR count). The molecule has 9 heavy (non-hydrogen) atoms. The molecule has 0 fully saturated rings. The van der Waals surface area contributed by atoms with E-state index in [1.165, 1.54) is 7.05 Å². The second-order valence-electron chi connectivity index (χ2n) is 1.15. The Bertz CT molecular complexity index is 110. The Hall–Kier alpha value is -1.09. The van der Waals surface area contributed by atoms with Crippen LogP contribution in [0.15, 0.2) is 29.5 Å². The third-order valence-corrected chi connectivity index (χ3v) is 0.628. The molecule has 0 aromatic rings. The van der Waals surface area contributed by atoms with Gasteiger partial charge in [0.2, 0.25) is 0 Å². The normalized spacial score (nSPS) is 13.1. The Morgan fingerprint density at radius 1 is 1.22 bits per heavy atom. The van der Waals surface area contributed by atoms with Gasteiger partial charge in [0.25, 0.3) is 0 Å². The van der Waals surface area contributed by atoms with Crippen LogP contribution in [0.25, 0.3) is 0 Å². The Morgan fingerprint density at radius 2 is 2.00 bits per heavy atom. The maximum absolute atomic E-state index is 4.50. The average Bonchev–Trinajstić information content (AvgIpc) is 2.21. The molecule has 0 amide bonds. The van der Waals surface area contributed by atoms with Crippen molar-refractivity contribution in [2.45, 2.75) is 0 Å². The molecule has 0 atom stereocenters. The summed E-state index contributed by atoms with van der Waals surface area (Å²) in [5, 5.41) is 3.72. The molecule has 3 heteroatoms. The molecule has 1 heterocycles. The molecule has 0 spiro atoms.